The second-order valence-electron chi connectivity index (χ2n) is 6.50. The van der Waals surface area contributed by atoms with E-state index in [0.717, 1.165) is 19.0 Å². The maximum atomic E-state index is 12.6. The summed E-state index contributed by atoms with van der Waals surface area (Å²) in [6.07, 6.45) is 1.71. The molecule has 2 aliphatic heterocycles. The van der Waals surface area contributed by atoms with Gasteiger partial charge in [0.2, 0.25) is 0 Å². The van der Waals surface area contributed by atoms with Crippen LogP contribution in [0.15, 0.2) is 50.7 Å². The lowest BCUT2D eigenvalue weighted by Gasteiger charge is -2.26. The number of likely N-dealkylation sites (N-methyl/N-ethyl adjacent to an activating group) is 1. The summed E-state index contributed by atoms with van der Waals surface area (Å²) in [5, 5.41) is 9.50. The second-order valence-corrected chi connectivity index (χ2v) is 7.51. The van der Waals surface area contributed by atoms with Crippen molar-refractivity contribution in [3.05, 3.63) is 52.6 Å². The zero-order valence-corrected chi connectivity index (χ0v) is 16.5. The van der Waals surface area contributed by atoms with Crippen LogP contribution >= 0.6 is 11.8 Å². The molecule has 0 aliphatic carbocycles. The molecule has 1 aromatic carbocycles. The summed E-state index contributed by atoms with van der Waals surface area (Å²) in [7, 11) is 1.65. The molecule has 4 rings (SSSR count). The topological polar surface area (TPSA) is 95.6 Å². The van der Waals surface area contributed by atoms with Gasteiger partial charge in [0.15, 0.2) is 11.1 Å². The Balaban J connectivity index is 1.51. The monoisotopic (exact) mass is 413 g/mol. The number of carboxylic acids is 1. The van der Waals surface area contributed by atoms with Gasteiger partial charge >= 0.3 is 5.97 Å². The standard InChI is InChI=1S/C20H19N3O5S/c1-22-18(24)16(12-15-6-7-17(28-15)23-8-10-27-11-9-23)29-20(22)21-14-4-2-13(3-5-14)19(25)26/h2-7,12H,8-11H2,1H3,(H,25,26)/b16-12-,21-20?. The van der Waals surface area contributed by atoms with Crippen LogP contribution in [0.2, 0.25) is 0 Å². The van der Waals surface area contributed by atoms with Gasteiger partial charge in [-0.1, -0.05) is 0 Å². The van der Waals surface area contributed by atoms with Crippen molar-refractivity contribution >= 4 is 46.5 Å². The molecule has 3 heterocycles. The number of amidine groups is 1. The zero-order valence-electron chi connectivity index (χ0n) is 15.7. The van der Waals surface area contributed by atoms with Crippen LogP contribution in [0, 0.1) is 0 Å². The van der Waals surface area contributed by atoms with Gasteiger partial charge in [0.1, 0.15) is 5.76 Å². The number of ether oxygens (including phenoxy) is 1. The number of morpholine rings is 1. The molecule has 2 aliphatic rings. The number of thioether (sulfide) groups is 1. The van der Waals surface area contributed by atoms with Gasteiger partial charge in [-0.3, -0.25) is 9.69 Å². The van der Waals surface area contributed by atoms with Gasteiger partial charge in [-0.2, -0.15) is 0 Å². The van der Waals surface area contributed by atoms with Crippen molar-refractivity contribution in [2.45, 2.75) is 0 Å². The number of anilines is 1. The molecule has 1 amide bonds. The Morgan fingerprint density at radius 2 is 1.90 bits per heavy atom. The Bertz CT molecular complexity index is 990. The number of hydrogen-bond acceptors (Lipinski definition) is 7. The Kier molecular flexibility index (Phi) is 5.41. The maximum Gasteiger partial charge on any atom is 0.335 e. The van der Waals surface area contributed by atoms with E-state index in [1.807, 2.05) is 12.1 Å². The first-order valence-corrected chi connectivity index (χ1v) is 9.85. The second kappa shape index (κ2) is 8.14. The number of amides is 1. The third kappa shape index (κ3) is 4.20. The summed E-state index contributed by atoms with van der Waals surface area (Å²) < 4.78 is 11.2. The first kappa shape index (κ1) is 19.3. The molecule has 1 aromatic heterocycles. The van der Waals surface area contributed by atoms with Crippen molar-refractivity contribution in [1.29, 1.82) is 0 Å². The fraction of sp³-hybridized carbons (Fsp3) is 0.250. The Hall–Kier alpha value is -3.04. The van der Waals surface area contributed by atoms with Crippen molar-refractivity contribution in [3.8, 4) is 0 Å². The van der Waals surface area contributed by atoms with Crippen LogP contribution in [0.1, 0.15) is 16.1 Å². The minimum atomic E-state index is -0.994. The molecule has 0 bridgehead atoms. The Morgan fingerprint density at radius 3 is 2.59 bits per heavy atom. The number of rotatable bonds is 4. The van der Waals surface area contributed by atoms with E-state index in [-0.39, 0.29) is 11.5 Å². The van der Waals surface area contributed by atoms with Crippen molar-refractivity contribution in [2.24, 2.45) is 4.99 Å². The number of carbonyl (C=O) groups excluding carboxylic acids is 1. The number of benzene rings is 1. The zero-order chi connectivity index (χ0) is 20.4. The smallest absolute Gasteiger partial charge is 0.335 e. The van der Waals surface area contributed by atoms with E-state index < -0.39 is 5.97 Å². The highest BCUT2D eigenvalue weighted by atomic mass is 32.2. The van der Waals surface area contributed by atoms with Gasteiger partial charge in [0.05, 0.1) is 29.4 Å². The third-order valence-electron chi connectivity index (χ3n) is 4.55. The number of carboxylic acid groups (broad SMARTS) is 1. The number of carbonyl (C=O) groups is 2. The highest BCUT2D eigenvalue weighted by molar-refractivity contribution is 8.18. The summed E-state index contributed by atoms with van der Waals surface area (Å²) in [6.45, 7) is 2.89. The first-order chi connectivity index (χ1) is 14.0. The molecule has 29 heavy (non-hydrogen) atoms. The van der Waals surface area contributed by atoms with E-state index in [4.69, 9.17) is 14.3 Å². The van der Waals surface area contributed by atoms with Gasteiger partial charge in [-0.05, 0) is 42.1 Å². The van der Waals surface area contributed by atoms with Crippen molar-refractivity contribution in [3.63, 3.8) is 0 Å². The van der Waals surface area contributed by atoms with Crippen LogP contribution in [-0.2, 0) is 9.53 Å². The molecule has 2 saturated heterocycles. The Labute approximate surface area is 171 Å². The molecule has 2 fully saturated rings. The molecular formula is C20H19N3O5S. The predicted octanol–water partition coefficient (Wildman–Crippen LogP) is 3.05. The van der Waals surface area contributed by atoms with Crippen molar-refractivity contribution in [2.75, 3.05) is 38.3 Å². The summed E-state index contributed by atoms with van der Waals surface area (Å²) in [5.41, 5.74) is 0.762. The molecule has 0 unspecified atom stereocenters. The van der Waals surface area contributed by atoms with Crippen molar-refractivity contribution < 1.29 is 23.8 Å². The van der Waals surface area contributed by atoms with Crippen molar-refractivity contribution in [1.82, 2.24) is 4.90 Å². The maximum absolute atomic E-state index is 12.6. The highest BCUT2D eigenvalue weighted by Gasteiger charge is 2.30. The van der Waals surface area contributed by atoms with Gasteiger partial charge in [-0.25, -0.2) is 9.79 Å². The van der Waals surface area contributed by atoms with Crippen LogP contribution in [0.4, 0.5) is 11.6 Å². The number of furan rings is 1. The lowest BCUT2D eigenvalue weighted by Crippen LogP contribution is -2.35. The van der Waals surface area contributed by atoms with E-state index in [0.29, 0.717) is 34.7 Å². The molecule has 0 radical (unpaired) electrons. The first-order valence-electron chi connectivity index (χ1n) is 9.03. The van der Waals surface area contributed by atoms with E-state index >= 15 is 0 Å². The van der Waals surface area contributed by atoms with Crippen LogP contribution in [0.3, 0.4) is 0 Å². The van der Waals surface area contributed by atoms with Gasteiger partial charge in [0.25, 0.3) is 5.91 Å². The van der Waals surface area contributed by atoms with E-state index in [1.54, 1.807) is 25.3 Å². The van der Waals surface area contributed by atoms with Crippen LogP contribution in [-0.4, -0.2) is 60.4 Å². The fourth-order valence-corrected chi connectivity index (χ4v) is 3.91. The average molecular weight is 413 g/mol. The lowest BCUT2D eigenvalue weighted by molar-refractivity contribution is -0.121. The van der Waals surface area contributed by atoms with Gasteiger partial charge in [-0.15, -0.1) is 0 Å². The number of aromatic carboxylic acids is 1. The molecule has 1 N–H and O–H groups in total. The van der Waals surface area contributed by atoms with E-state index in [1.165, 1.54) is 28.8 Å². The minimum Gasteiger partial charge on any atom is -0.478 e. The molecule has 2 aromatic rings. The third-order valence-corrected chi connectivity index (χ3v) is 5.61. The number of aliphatic imine (C=N–C) groups is 1. The lowest BCUT2D eigenvalue weighted by atomic mass is 10.2. The quantitative estimate of drug-likeness (QED) is 0.770. The normalized spacial score (nSPS) is 20.1. The molecule has 8 nitrogen and oxygen atoms in total. The van der Waals surface area contributed by atoms with Gasteiger partial charge in [0, 0.05) is 32.3 Å². The van der Waals surface area contributed by atoms with E-state index in [9.17, 15) is 9.59 Å². The molecule has 9 heteroatoms. The SMILES string of the molecule is CN1C(=O)/C(=C/c2ccc(N3CCOCC3)o2)SC1=Nc1ccc(C(=O)O)cc1. The van der Waals surface area contributed by atoms with Crippen LogP contribution < -0.4 is 4.90 Å². The minimum absolute atomic E-state index is 0.166. The van der Waals surface area contributed by atoms with Gasteiger partial charge < -0.3 is 19.2 Å². The predicted molar refractivity (Wildman–Crippen MR) is 111 cm³/mol. The average Bonchev–Trinajstić information content (AvgIpc) is 3.30. The van der Waals surface area contributed by atoms with Crippen LogP contribution in [0.5, 0.6) is 0 Å². The summed E-state index contributed by atoms with van der Waals surface area (Å²) >= 11 is 1.25. The molecule has 0 atom stereocenters. The van der Waals surface area contributed by atoms with Crippen LogP contribution in [0.25, 0.3) is 6.08 Å². The largest absolute Gasteiger partial charge is 0.478 e. The highest BCUT2D eigenvalue weighted by Crippen LogP contribution is 2.34. The molecular weight excluding hydrogens is 394 g/mol. The molecule has 0 spiro atoms. The number of hydrogen-bond donors (Lipinski definition) is 1. The molecule has 150 valence electrons. The Morgan fingerprint density at radius 1 is 1.17 bits per heavy atom. The fourth-order valence-electron chi connectivity index (χ4n) is 2.94. The summed E-state index contributed by atoms with van der Waals surface area (Å²) in [5.74, 6) is 0.200. The number of nitrogens with zero attached hydrogens (tertiary/aromatic N) is 3. The van der Waals surface area contributed by atoms with E-state index in [2.05, 4.69) is 9.89 Å². The summed E-state index contributed by atoms with van der Waals surface area (Å²) in [4.78, 5) is 32.1. The summed E-state index contributed by atoms with van der Waals surface area (Å²) in [6, 6.07) is 9.91. The molecule has 0 saturated carbocycles.